The van der Waals surface area contributed by atoms with Gasteiger partial charge in [0.2, 0.25) is 0 Å². The molecule has 2 aromatic rings. The van der Waals surface area contributed by atoms with Crippen LogP contribution in [0.4, 0.5) is 0 Å². The van der Waals surface area contributed by atoms with Crippen molar-refractivity contribution in [3.05, 3.63) is 35.5 Å². The summed E-state index contributed by atoms with van der Waals surface area (Å²) in [5.74, 6) is 0.463. The summed E-state index contributed by atoms with van der Waals surface area (Å²) in [5.41, 5.74) is 1.19. The molecule has 0 unspecified atom stereocenters. The number of methoxy groups -OCH3 is 1. The van der Waals surface area contributed by atoms with Crippen molar-refractivity contribution in [1.82, 2.24) is 10.3 Å². The molecule has 0 bridgehead atoms. The molecule has 0 fully saturated rings. The number of fused-ring (bicyclic) bond motifs is 1. The summed E-state index contributed by atoms with van der Waals surface area (Å²) in [7, 11) is 1.59. The Balaban J connectivity index is 2.35. The molecule has 5 nitrogen and oxygen atoms in total. The second-order valence-corrected chi connectivity index (χ2v) is 5.81. The van der Waals surface area contributed by atoms with E-state index < -0.39 is 5.60 Å². The first-order chi connectivity index (χ1) is 10.9. The third-order valence-electron chi connectivity index (χ3n) is 4.28. The third-order valence-corrected chi connectivity index (χ3v) is 4.28. The summed E-state index contributed by atoms with van der Waals surface area (Å²) in [5, 5.41) is 13.9. The zero-order valence-electron chi connectivity index (χ0n) is 14.1. The molecule has 0 spiro atoms. The first-order valence-corrected chi connectivity index (χ1v) is 7.88. The molecule has 23 heavy (non-hydrogen) atoms. The first kappa shape index (κ1) is 17.2. The number of ether oxygens (including phenoxy) is 1. The SMILES string of the molecule is CCC(O)(CC)CNC(=O)c1cc(C)nc2ccc(OC)cc12. The van der Waals surface area contributed by atoms with Crippen LogP contribution in [0.15, 0.2) is 24.3 Å². The minimum Gasteiger partial charge on any atom is -0.497 e. The first-order valence-electron chi connectivity index (χ1n) is 7.88. The average Bonchev–Trinajstić information content (AvgIpc) is 2.58. The van der Waals surface area contributed by atoms with E-state index in [1.54, 1.807) is 13.2 Å². The lowest BCUT2D eigenvalue weighted by molar-refractivity contribution is 0.0314. The van der Waals surface area contributed by atoms with Crippen LogP contribution in [0.5, 0.6) is 5.75 Å². The van der Waals surface area contributed by atoms with Crippen LogP contribution in [0.25, 0.3) is 10.9 Å². The van der Waals surface area contributed by atoms with E-state index in [2.05, 4.69) is 10.3 Å². The molecule has 0 atom stereocenters. The van der Waals surface area contributed by atoms with E-state index in [1.165, 1.54) is 0 Å². The van der Waals surface area contributed by atoms with Gasteiger partial charge >= 0.3 is 0 Å². The maximum atomic E-state index is 12.6. The molecule has 5 heteroatoms. The summed E-state index contributed by atoms with van der Waals surface area (Å²) >= 11 is 0. The summed E-state index contributed by atoms with van der Waals surface area (Å²) in [6.07, 6.45) is 1.18. The highest BCUT2D eigenvalue weighted by Crippen LogP contribution is 2.24. The van der Waals surface area contributed by atoms with Crippen molar-refractivity contribution in [3.63, 3.8) is 0 Å². The molecule has 0 aliphatic carbocycles. The van der Waals surface area contributed by atoms with Crippen LogP contribution >= 0.6 is 0 Å². The number of nitrogens with zero attached hydrogens (tertiary/aromatic N) is 1. The number of benzene rings is 1. The maximum Gasteiger partial charge on any atom is 0.252 e. The van der Waals surface area contributed by atoms with Crippen LogP contribution in [0.2, 0.25) is 0 Å². The molecule has 1 aromatic heterocycles. The summed E-state index contributed by atoms with van der Waals surface area (Å²) < 4.78 is 5.24. The molecular formula is C18H24N2O3. The number of pyridine rings is 1. The van der Waals surface area contributed by atoms with Gasteiger partial charge in [-0.05, 0) is 44.0 Å². The molecule has 0 radical (unpaired) electrons. The quantitative estimate of drug-likeness (QED) is 0.859. The fourth-order valence-corrected chi connectivity index (χ4v) is 2.49. The molecule has 0 saturated heterocycles. The van der Waals surface area contributed by atoms with Crippen molar-refractivity contribution in [2.75, 3.05) is 13.7 Å². The van der Waals surface area contributed by atoms with Gasteiger partial charge in [0.05, 0.1) is 23.8 Å². The van der Waals surface area contributed by atoms with Crippen LogP contribution in [0, 0.1) is 6.92 Å². The number of rotatable bonds is 6. The summed E-state index contributed by atoms with van der Waals surface area (Å²) in [4.78, 5) is 17.0. The van der Waals surface area contributed by atoms with Crippen LogP contribution < -0.4 is 10.1 Å². The lowest BCUT2D eigenvalue weighted by Gasteiger charge is -2.25. The van der Waals surface area contributed by atoms with Crippen LogP contribution in [0.3, 0.4) is 0 Å². The number of aryl methyl sites for hydroxylation is 1. The minimum absolute atomic E-state index is 0.214. The lowest BCUT2D eigenvalue weighted by atomic mass is 9.97. The molecule has 0 aliphatic heterocycles. The number of amides is 1. The Kier molecular flexibility index (Phi) is 5.21. The number of hydrogen-bond acceptors (Lipinski definition) is 4. The molecule has 1 amide bonds. The summed E-state index contributed by atoms with van der Waals surface area (Å²) in [6, 6.07) is 7.23. The molecular weight excluding hydrogens is 292 g/mol. The van der Waals surface area contributed by atoms with E-state index in [0.29, 0.717) is 24.2 Å². The van der Waals surface area contributed by atoms with Crippen LogP contribution in [0.1, 0.15) is 42.7 Å². The van der Waals surface area contributed by atoms with Gasteiger partial charge in [0.25, 0.3) is 5.91 Å². The van der Waals surface area contributed by atoms with Gasteiger partial charge < -0.3 is 15.2 Å². The number of aromatic nitrogens is 1. The minimum atomic E-state index is -0.870. The van der Waals surface area contributed by atoms with Gasteiger partial charge in [-0.3, -0.25) is 9.78 Å². The Bertz CT molecular complexity index is 709. The topological polar surface area (TPSA) is 71.5 Å². The highest BCUT2D eigenvalue weighted by Gasteiger charge is 2.23. The van der Waals surface area contributed by atoms with Crippen molar-refractivity contribution in [1.29, 1.82) is 0 Å². The second-order valence-electron chi connectivity index (χ2n) is 5.81. The Hall–Kier alpha value is -2.14. The molecule has 0 aliphatic rings. The number of nitrogens with one attached hydrogen (secondary N) is 1. The number of hydrogen-bond donors (Lipinski definition) is 2. The highest BCUT2D eigenvalue weighted by atomic mass is 16.5. The Labute approximate surface area is 136 Å². The largest absolute Gasteiger partial charge is 0.497 e. The average molecular weight is 316 g/mol. The van der Waals surface area contributed by atoms with Gasteiger partial charge in [0.1, 0.15) is 5.75 Å². The van der Waals surface area contributed by atoms with Crippen LogP contribution in [-0.2, 0) is 0 Å². The fourth-order valence-electron chi connectivity index (χ4n) is 2.49. The van der Waals surface area contributed by atoms with E-state index in [-0.39, 0.29) is 12.5 Å². The molecule has 1 aromatic carbocycles. The smallest absolute Gasteiger partial charge is 0.252 e. The van der Waals surface area contributed by atoms with Gasteiger partial charge in [-0.25, -0.2) is 0 Å². The van der Waals surface area contributed by atoms with Gasteiger partial charge in [-0.2, -0.15) is 0 Å². The number of aliphatic hydroxyl groups is 1. The predicted molar refractivity (Wildman–Crippen MR) is 90.9 cm³/mol. The lowest BCUT2D eigenvalue weighted by Crippen LogP contribution is -2.42. The summed E-state index contributed by atoms with van der Waals surface area (Å²) in [6.45, 7) is 5.90. The fraction of sp³-hybridized carbons (Fsp3) is 0.444. The molecule has 0 saturated carbocycles. The normalized spacial score (nSPS) is 11.5. The van der Waals surface area contributed by atoms with Gasteiger partial charge in [-0.1, -0.05) is 13.8 Å². The van der Waals surface area contributed by atoms with E-state index in [1.807, 2.05) is 39.0 Å². The third kappa shape index (κ3) is 3.79. The molecule has 2 N–H and O–H groups in total. The Morgan fingerprint density at radius 2 is 2.00 bits per heavy atom. The Morgan fingerprint density at radius 3 is 2.61 bits per heavy atom. The second kappa shape index (κ2) is 6.96. The van der Waals surface area contributed by atoms with E-state index in [9.17, 15) is 9.90 Å². The van der Waals surface area contributed by atoms with Crippen LogP contribution in [-0.4, -0.2) is 35.3 Å². The zero-order valence-corrected chi connectivity index (χ0v) is 14.1. The molecule has 1 heterocycles. The predicted octanol–water partition coefficient (Wildman–Crippen LogP) is 2.83. The Morgan fingerprint density at radius 1 is 1.30 bits per heavy atom. The monoisotopic (exact) mass is 316 g/mol. The van der Waals surface area contributed by atoms with Gasteiger partial charge in [0, 0.05) is 17.6 Å². The van der Waals surface area contributed by atoms with E-state index in [4.69, 9.17) is 4.74 Å². The molecule has 124 valence electrons. The van der Waals surface area contributed by atoms with Crippen molar-refractivity contribution in [2.24, 2.45) is 0 Å². The van der Waals surface area contributed by atoms with Crippen molar-refractivity contribution >= 4 is 16.8 Å². The van der Waals surface area contributed by atoms with E-state index >= 15 is 0 Å². The standard InChI is InChI=1S/C18H24N2O3/c1-5-18(22,6-2)11-19-17(21)15-9-12(3)20-16-8-7-13(23-4)10-14(15)16/h7-10,22H,5-6,11H2,1-4H3,(H,19,21). The van der Waals surface area contributed by atoms with Crippen molar-refractivity contribution in [2.45, 2.75) is 39.2 Å². The van der Waals surface area contributed by atoms with E-state index in [0.717, 1.165) is 16.6 Å². The van der Waals surface area contributed by atoms with Gasteiger partial charge in [-0.15, -0.1) is 0 Å². The van der Waals surface area contributed by atoms with Crippen molar-refractivity contribution in [3.8, 4) is 5.75 Å². The maximum absolute atomic E-state index is 12.6. The number of carbonyl (C=O) groups is 1. The highest BCUT2D eigenvalue weighted by molar-refractivity contribution is 6.06. The van der Waals surface area contributed by atoms with Crippen molar-refractivity contribution < 1.29 is 14.6 Å². The van der Waals surface area contributed by atoms with Gasteiger partial charge in [0.15, 0.2) is 0 Å². The zero-order chi connectivity index (χ0) is 17.0. The molecule has 2 rings (SSSR count). The number of carbonyl (C=O) groups excluding carboxylic acids is 1.